The van der Waals surface area contributed by atoms with E-state index in [0.29, 0.717) is 35.2 Å². The SMILES string of the molecule is O=[N+]([O-])c1nn(-c2ccc3c(c2)OCCO3)n(O)c1=NC1CCCCCC1. The van der Waals surface area contributed by atoms with Gasteiger partial charge in [-0.25, -0.2) is 0 Å². The lowest BCUT2D eigenvalue weighted by Crippen LogP contribution is -2.25. The summed E-state index contributed by atoms with van der Waals surface area (Å²) < 4.78 is 11.0. The Morgan fingerprint density at radius 3 is 2.56 bits per heavy atom. The van der Waals surface area contributed by atoms with Crippen LogP contribution in [0.2, 0.25) is 0 Å². The van der Waals surface area contributed by atoms with Gasteiger partial charge in [-0.2, -0.15) is 0 Å². The Morgan fingerprint density at radius 2 is 1.85 bits per heavy atom. The van der Waals surface area contributed by atoms with Crippen molar-refractivity contribution in [2.45, 2.75) is 44.6 Å². The molecule has 10 heteroatoms. The molecule has 0 unspecified atom stereocenters. The first-order chi connectivity index (χ1) is 13.1. The summed E-state index contributed by atoms with van der Waals surface area (Å²) in [4.78, 5) is 17.0. The first-order valence-electron chi connectivity index (χ1n) is 9.13. The summed E-state index contributed by atoms with van der Waals surface area (Å²) in [5.41, 5.74) is 0.272. The maximum Gasteiger partial charge on any atom is 0.438 e. The number of ether oxygens (including phenoxy) is 2. The zero-order chi connectivity index (χ0) is 18.8. The highest BCUT2D eigenvalue weighted by Crippen LogP contribution is 2.31. The third kappa shape index (κ3) is 3.46. The van der Waals surface area contributed by atoms with Crippen LogP contribution in [0, 0.1) is 10.1 Å². The number of nitrogens with zero attached hydrogens (tertiary/aromatic N) is 5. The van der Waals surface area contributed by atoms with Crippen LogP contribution in [0.25, 0.3) is 5.69 Å². The van der Waals surface area contributed by atoms with Gasteiger partial charge in [0.25, 0.3) is 5.49 Å². The molecule has 1 aliphatic carbocycles. The second-order valence-corrected chi connectivity index (χ2v) is 6.69. The van der Waals surface area contributed by atoms with Crippen LogP contribution < -0.4 is 15.0 Å². The van der Waals surface area contributed by atoms with Crippen molar-refractivity contribution >= 4 is 5.82 Å². The van der Waals surface area contributed by atoms with Crippen LogP contribution in [0.3, 0.4) is 0 Å². The molecule has 1 fully saturated rings. The first-order valence-corrected chi connectivity index (χ1v) is 9.13. The Bertz CT molecular complexity index is 911. The lowest BCUT2D eigenvalue weighted by Gasteiger charge is -2.18. The van der Waals surface area contributed by atoms with Gasteiger partial charge in [-0.05, 0) is 34.7 Å². The van der Waals surface area contributed by atoms with E-state index in [0.717, 1.165) is 43.3 Å². The molecule has 2 aliphatic rings. The highest BCUT2D eigenvalue weighted by molar-refractivity contribution is 5.48. The average molecular weight is 375 g/mol. The van der Waals surface area contributed by atoms with Crippen molar-refractivity contribution in [2.24, 2.45) is 4.99 Å². The fourth-order valence-corrected chi connectivity index (χ4v) is 3.47. The number of benzene rings is 1. The van der Waals surface area contributed by atoms with E-state index in [2.05, 4.69) is 10.1 Å². The van der Waals surface area contributed by atoms with E-state index in [-0.39, 0.29) is 11.5 Å². The molecule has 0 atom stereocenters. The summed E-state index contributed by atoms with van der Waals surface area (Å²) >= 11 is 0. The van der Waals surface area contributed by atoms with Gasteiger partial charge >= 0.3 is 5.82 Å². The van der Waals surface area contributed by atoms with Crippen LogP contribution in [-0.2, 0) is 0 Å². The number of hydrogen-bond acceptors (Lipinski definition) is 7. The molecule has 0 bridgehead atoms. The number of rotatable bonds is 3. The predicted molar refractivity (Wildman–Crippen MR) is 93.4 cm³/mol. The topological polar surface area (TPSA) is 117 Å². The summed E-state index contributed by atoms with van der Waals surface area (Å²) in [6.07, 6.45) is 6.06. The second kappa shape index (κ2) is 7.29. The molecule has 1 saturated carbocycles. The summed E-state index contributed by atoms with van der Waals surface area (Å²) in [6, 6.07) is 4.89. The van der Waals surface area contributed by atoms with Gasteiger partial charge in [-0.15, -0.1) is 0 Å². The smallest absolute Gasteiger partial charge is 0.438 e. The van der Waals surface area contributed by atoms with Crippen molar-refractivity contribution in [1.29, 1.82) is 0 Å². The summed E-state index contributed by atoms with van der Waals surface area (Å²) in [5, 5.41) is 26.0. The Balaban J connectivity index is 1.77. The molecule has 10 nitrogen and oxygen atoms in total. The largest absolute Gasteiger partial charge is 0.486 e. The van der Waals surface area contributed by atoms with Crippen LogP contribution in [0.1, 0.15) is 38.5 Å². The fourth-order valence-electron chi connectivity index (χ4n) is 3.47. The number of fused-ring (bicyclic) bond motifs is 1. The number of hydrogen-bond donors (Lipinski definition) is 1. The summed E-state index contributed by atoms with van der Waals surface area (Å²) in [7, 11) is 0. The Hall–Kier alpha value is -3.04. The van der Waals surface area contributed by atoms with Gasteiger partial charge in [-0.3, -0.25) is 4.99 Å². The fraction of sp³-hybridized carbons (Fsp3) is 0.529. The minimum atomic E-state index is -0.628. The second-order valence-electron chi connectivity index (χ2n) is 6.69. The number of aromatic nitrogens is 3. The molecule has 2 heterocycles. The summed E-state index contributed by atoms with van der Waals surface area (Å²) in [5.74, 6) is 0.607. The molecule has 0 amide bonds. The Labute approximate surface area is 154 Å². The van der Waals surface area contributed by atoms with E-state index in [9.17, 15) is 15.3 Å². The van der Waals surface area contributed by atoms with E-state index >= 15 is 0 Å². The first kappa shape index (κ1) is 17.4. The van der Waals surface area contributed by atoms with Crippen molar-refractivity contribution in [3.63, 3.8) is 0 Å². The maximum absolute atomic E-state index is 11.5. The lowest BCUT2D eigenvalue weighted by atomic mass is 10.1. The van der Waals surface area contributed by atoms with Gasteiger partial charge in [0.15, 0.2) is 11.5 Å². The van der Waals surface area contributed by atoms with Crippen LogP contribution >= 0.6 is 0 Å². The molecule has 0 radical (unpaired) electrons. The van der Waals surface area contributed by atoms with Crippen LogP contribution in [0.4, 0.5) is 5.82 Å². The molecule has 1 N–H and O–H groups in total. The average Bonchev–Trinajstić information content (AvgIpc) is 2.84. The molecule has 0 saturated heterocycles. The third-order valence-corrected chi connectivity index (χ3v) is 4.82. The van der Waals surface area contributed by atoms with E-state index < -0.39 is 10.7 Å². The van der Waals surface area contributed by atoms with Crippen molar-refractivity contribution in [1.82, 2.24) is 14.7 Å². The zero-order valence-electron chi connectivity index (χ0n) is 14.8. The van der Waals surface area contributed by atoms with E-state index in [1.807, 2.05) is 0 Å². The molecule has 2 aromatic rings. The Kier molecular flexibility index (Phi) is 4.69. The standard InChI is InChI=1S/C17H21N5O5/c23-21-16(18-12-5-3-1-2-4-6-12)17(22(24)25)19-20(21)13-7-8-14-15(11-13)27-10-9-26-14/h7-8,11-12,23H,1-6,9-10H2. The molecule has 0 spiro atoms. The van der Waals surface area contributed by atoms with E-state index in [1.165, 1.54) is 0 Å². The normalized spacial score (nSPS) is 18.3. The van der Waals surface area contributed by atoms with Gasteiger partial charge < -0.3 is 24.8 Å². The van der Waals surface area contributed by atoms with Gasteiger partial charge in [0, 0.05) is 6.07 Å². The minimum Gasteiger partial charge on any atom is -0.486 e. The van der Waals surface area contributed by atoms with Crippen molar-refractivity contribution in [2.75, 3.05) is 13.2 Å². The molecule has 27 heavy (non-hydrogen) atoms. The van der Waals surface area contributed by atoms with Crippen molar-refractivity contribution in [3.8, 4) is 17.2 Å². The van der Waals surface area contributed by atoms with Crippen LogP contribution in [0.15, 0.2) is 23.2 Å². The van der Waals surface area contributed by atoms with E-state index in [1.54, 1.807) is 18.2 Å². The number of nitro groups is 1. The minimum absolute atomic E-state index is 0.0532. The quantitative estimate of drug-likeness (QED) is 0.380. The third-order valence-electron chi connectivity index (χ3n) is 4.82. The lowest BCUT2D eigenvalue weighted by molar-refractivity contribution is -0.391. The van der Waals surface area contributed by atoms with Gasteiger partial charge in [0.1, 0.15) is 18.9 Å². The molecule has 4 rings (SSSR count). The molecule has 1 aliphatic heterocycles. The molecule has 144 valence electrons. The summed E-state index contributed by atoms with van der Waals surface area (Å²) in [6.45, 7) is 0.876. The van der Waals surface area contributed by atoms with Gasteiger partial charge in [-0.1, -0.05) is 30.5 Å². The monoisotopic (exact) mass is 375 g/mol. The molecular formula is C17H21N5O5. The zero-order valence-corrected chi connectivity index (χ0v) is 14.8. The maximum atomic E-state index is 11.5. The highest BCUT2D eigenvalue weighted by atomic mass is 16.6. The van der Waals surface area contributed by atoms with Crippen molar-refractivity contribution < 1.29 is 19.6 Å². The molecule has 1 aromatic carbocycles. The molecule has 1 aromatic heterocycles. The van der Waals surface area contributed by atoms with Crippen LogP contribution in [-0.4, -0.2) is 44.1 Å². The van der Waals surface area contributed by atoms with Gasteiger partial charge in [0.05, 0.1) is 11.1 Å². The van der Waals surface area contributed by atoms with Crippen LogP contribution in [0.5, 0.6) is 11.5 Å². The highest BCUT2D eigenvalue weighted by Gasteiger charge is 2.26. The van der Waals surface area contributed by atoms with E-state index in [4.69, 9.17) is 9.47 Å². The van der Waals surface area contributed by atoms with Crippen molar-refractivity contribution in [3.05, 3.63) is 33.8 Å². The Morgan fingerprint density at radius 1 is 1.15 bits per heavy atom. The predicted octanol–water partition coefficient (Wildman–Crippen LogP) is 2.21. The molecular weight excluding hydrogens is 354 g/mol. The van der Waals surface area contributed by atoms with Gasteiger partial charge in [0.2, 0.25) is 0 Å².